The molecule has 2 aliphatic rings. The van der Waals surface area contributed by atoms with Crippen molar-refractivity contribution in [3.63, 3.8) is 0 Å². The van der Waals surface area contributed by atoms with E-state index in [0.717, 1.165) is 12.5 Å². The predicted molar refractivity (Wildman–Crippen MR) is 71.2 cm³/mol. The van der Waals surface area contributed by atoms with E-state index in [1.165, 1.54) is 45.4 Å². The zero-order valence-corrected chi connectivity index (χ0v) is 11.7. The Bertz CT molecular complexity index is 242. The maximum absolute atomic E-state index is 5.25. The van der Waals surface area contributed by atoms with Crippen LogP contribution in [-0.2, 0) is 4.74 Å². The third-order valence-electron chi connectivity index (χ3n) is 4.23. The van der Waals surface area contributed by atoms with E-state index in [0.29, 0.717) is 11.5 Å². The first kappa shape index (κ1) is 13.3. The summed E-state index contributed by atoms with van der Waals surface area (Å²) in [6.45, 7) is 10.4. The maximum Gasteiger partial charge on any atom is 0.0500 e. The second-order valence-electron chi connectivity index (χ2n) is 6.27. The minimum atomic E-state index is 0.364. The van der Waals surface area contributed by atoms with Gasteiger partial charge >= 0.3 is 0 Å². The molecule has 0 radical (unpaired) electrons. The average Bonchev–Trinajstić information content (AvgIpc) is 3.06. The molecule has 3 nitrogen and oxygen atoms in total. The quantitative estimate of drug-likeness (QED) is 0.792. The highest BCUT2D eigenvalue weighted by molar-refractivity contribution is 5.01. The largest absolute Gasteiger partial charge is 0.384 e. The van der Waals surface area contributed by atoms with Gasteiger partial charge in [-0.25, -0.2) is 0 Å². The van der Waals surface area contributed by atoms with Gasteiger partial charge in [-0.1, -0.05) is 6.92 Å². The van der Waals surface area contributed by atoms with Crippen LogP contribution in [0.15, 0.2) is 0 Å². The number of hydrogen-bond donors (Lipinski definition) is 1. The van der Waals surface area contributed by atoms with E-state index in [-0.39, 0.29) is 0 Å². The van der Waals surface area contributed by atoms with Gasteiger partial charge in [0, 0.05) is 32.3 Å². The van der Waals surface area contributed by atoms with Gasteiger partial charge < -0.3 is 15.0 Å². The molecule has 0 aromatic carbocycles. The lowest BCUT2D eigenvalue weighted by Crippen LogP contribution is -2.51. The molecule has 17 heavy (non-hydrogen) atoms. The summed E-state index contributed by atoms with van der Waals surface area (Å²) >= 11 is 0. The van der Waals surface area contributed by atoms with E-state index in [4.69, 9.17) is 4.74 Å². The highest BCUT2D eigenvalue weighted by Crippen LogP contribution is 2.40. The molecule has 0 spiro atoms. The molecule has 1 heterocycles. The highest BCUT2D eigenvalue weighted by Gasteiger charge is 2.42. The van der Waals surface area contributed by atoms with Crippen molar-refractivity contribution >= 4 is 0 Å². The van der Waals surface area contributed by atoms with Crippen LogP contribution in [0.5, 0.6) is 0 Å². The van der Waals surface area contributed by atoms with E-state index in [2.05, 4.69) is 24.1 Å². The Labute approximate surface area is 106 Å². The van der Waals surface area contributed by atoms with E-state index in [1.807, 2.05) is 0 Å². The van der Waals surface area contributed by atoms with Gasteiger partial charge in [0.25, 0.3) is 0 Å². The van der Waals surface area contributed by atoms with Crippen LogP contribution in [0.1, 0.15) is 33.1 Å². The fourth-order valence-corrected chi connectivity index (χ4v) is 3.20. The zero-order valence-electron chi connectivity index (χ0n) is 11.7. The Morgan fingerprint density at radius 2 is 2.24 bits per heavy atom. The van der Waals surface area contributed by atoms with Crippen LogP contribution in [0.2, 0.25) is 0 Å². The fourth-order valence-electron chi connectivity index (χ4n) is 3.20. The van der Waals surface area contributed by atoms with Crippen LogP contribution in [-0.4, -0.2) is 50.3 Å². The Hall–Kier alpha value is -0.120. The molecule has 2 unspecified atom stereocenters. The number of nitrogens with one attached hydrogen (secondary N) is 1. The molecular formula is C14H28N2O. The van der Waals surface area contributed by atoms with Crippen molar-refractivity contribution in [2.45, 2.75) is 38.6 Å². The van der Waals surface area contributed by atoms with Gasteiger partial charge in [-0.15, -0.1) is 0 Å². The maximum atomic E-state index is 5.25. The van der Waals surface area contributed by atoms with Crippen LogP contribution >= 0.6 is 0 Å². The highest BCUT2D eigenvalue weighted by atomic mass is 16.5. The van der Waals surface area contributed by atoms with Gasteiger partial charge in [0.1, 0.15) is 0 Å². The molecule has 1 saturated heterocycles. The first-order valence-electron chi connectivity index (χ1n) is 7.10. The summed E-state index contributed by atoms with van der Waals surface area (Å²) in [7, 11) is 1.80. The number of methoxy groups -OCH3 is 1. The Morgan fingerprint density at radius 3 is 2.88 bits per heavy atom. The average molecular weight is 240 g/mol. The summed E-state index contributed by atoms with van der Waals surface area (Å²) in [6, 6.07) is 0. The molecule has 2 fully saturated rings. The van der Waals surface area contributed by atoms with Crippen molar-refractivity contribution in [1.29, 1.82) is 0 Å². The molecule has 1 aliphatic heterocycles. The molecule has 0 bridgehead atoms. The number of rotatable bonds is 5. The minimum absolute atomic E-state index is 0.364. The van der Waals surface area contributed by atoms with Gasteiger partial charge in [0.15, 0.2) is 0 Å². The molecule has 2 atom stereocenters. The Balaban J connectivity index is 1.88. The molecule has 1 N–H and O–H groups in total. The molecule has 0 amide bonds. The zero-order chi connectivity index (χ0) is 12.3. The van der Waals surface area contributed by atoms with Gasteiger partial charge in [0.05, 0.1) is 0 Å². The molecule has 1 saturated carbocycles. The third kappa shape index (κ3) is 3.67. The van der Waals surface area contributed by atoms with Crippen LogP contribution in [0.25, 0.3) is 0 Å². The lowest BCUT2D eigenvalue weighted by Gasteiger charge is -2.35. The van der Waals surface area contributed by atoms with Crippen molar-refractivity contribution in [2.75, 3.05) is 39.9 Å². The Kier molecular flexibility index (Phi) is 4.45. The fraction of sp³-hybridized carbons (Fsp3) is 1.00. The summed E-state index contributed by atoms with van der Waals surface area (Å²) < 4.78 is 5.25. The summed E-state index contributed by atoms with van der Waals surface area (Å²) in [5.74, 6) is 1.56. The summed E-state index contributed by atoms with van der Waals surface area (Å²) in [5.41, 5.74) is 0.364. The van der Waals surface area contributed by atoms with Crippen LogP contribution in [0.4, 0.5) is 0 Å². The standard InChI is InChI=1S/C14H28N2O/c1-12(10-17-3)9-16-8-4-7-15-14(2,11-16)13-5-6-13/h12-13,15H,4-11H2,1-3H3. The molecular weight excluding hydrogens is 212 g/mol. The normalized spacial score (nSPS) is 33.4. The second-order valence-corrected chi connectivity index (χ2v) is 6.27. The topological polar surface area (TPSA) is 24.5 Å². The smallest absolute Gasteiger partial charge is 0.0500 e. The third-order valence-corrected chi connectivity index (χ3v) is 4.23. The monoisotopic (exact) mass is 240 g/mol. The van der Waals surface area contributed by atoms with E-state index < -0.39 is 0 Å². The number of nitrogens with zero attached hydrogens (tertiary/aromatic N) is 1. The van der Waals surface area contributed by atoms with Crippen molar-refractivity contribution in [2.24, 2.45) is 11.8 Å². The van der Waals surface area contributed by atoms with Gasteiger partial charge in [-0.2, -0.15) is 0 Å². The van der Waals surface area contributed by atoms with Gasteiger partial charge in [-0.3, -0.25) is 0 Å². The molecule has 1 aliphatic carbocycles. The second kappa shape index (κ2) is 5.68. The lowest BCUT2D eigenvalue weighted by atomic mass is 9.95. The summed E-state index contributed by atoms with van der Waals surface area (Å²) in [6.07, 6.45) is 4.12. The van der Waals surface area contributed by atoms with Crippen molar-refractivity contribution < 1.29 is 4.74 Å². The van der Waals surface area contributed by atoms with Gasteiger partial charge in [0.2, 0.25) is 0 Å². The van der Waals surface area contributed by atoms with E-state index >= 15 is 0 Å². The SMILES string of the molecule is COCC(C)CN1CCCNC(C)(C2CC2)C1. The summed E-state index contributed by atoms with van der Waals surface area (Å²) in [5, 5.41) is 3.78. The molecule has 100 valence electrons. The van der Waals surface area contributed by atoms with Crippen molar-refractivity contribution in [1.82, 2.24) is 10.2 Å². The number of hydrogen-bond acceptors (Lipinski definition) is 3. The predicted octanol–water partition coefficient (Wildman–Crippen LogP) is 1.73. The van der Waals surface area contributed by atoms with Crippen LogP contribution < -0.4 is 5.32 Å². The first-order chi connectivity index (χ1) is 8.14. The van der Waals surface area contributed by atoms with E-state index in [1.54, 1.807) is 7.11 Å². The van der Waals surface area contributed by atoms with Crippen LogP contribution in [0.3, 0.4) is 0 Å². The first-order valence-corrected chi connectivity index (χ1v) is 7.10. The summed E-state index contributed by atoms with van der Waals surface area (Å²) in [4.78, 5) is 2.64. The Morgan fingerprint density at radius 1 is 1.47 bits per heavy atom. The molecule has 3 heteroatoms. The molecule has 2 rings (SSSR count). The minimum Gasteiger partial charge on any atom is -0.384 e. The van der Waals surface area contributed by atoms with Crippen molar-refractivity contribution in [3.8, 4) is 0 Å². The molecule has 0 aromatic rings. The lowest BCUT2D eigenvalue weighted by molar-refractivity contribution is 0.118. The van der Waals surface area contributed by atoms with Crippen LogP contribution in [0, 0.1) is 11.8 Å². The van der Waals surface area contributed by atoms with Gasteiger partial charge in [-0.05, 0) is 51.1 Å². The molecule has 0 aromatic heterocycles. The number of ether oxygens (including phenoxy) is 1. The van der Waals surface area contributed by atoms with E-state index in [9.17, 15) is 0 Å². The van der Waals surface area contributed by atoms with Crippen molar-refractivity contribution in [3.05, 3.63) is 0 Å².